The molecule has 2 aromatic rings. The van der Waals surface area contributed by atoms with E-state index in [0.717, 1.165) is 12.1 Å². The van der Waals surface area contributed by atoms with Crippen molar-refractivity contribution in [1.82, 2.24) is 0 Å². The molecule has 0 aromatic heterocycles. The molecule has 0 aliphatic heterocycles. The van der Waals surface area contributed by atoms with Crippen molar-refractivity contribution >= 4 is 21.6 Å². The van der Waals surface area contributed by atoms with Crippen LogP contribution in [-0.2, 0) is 0 Å². The first-order chi connectivity index (χ1) is 9.90. The average molecular weight is 356 g/mol. The van der Waals surface area contributed by atoms with E-state index in [9.17, 15) is 19.6 Å². The Morgan fingerprint density at radius 2 is 2.10 bits per heavy atom. The molecule has 21 heavy (non-hydrogen) atoms. The van der Waals surface area contributed by atoms with Crippen LogP contribution < -0.4 is 4.74 Å². The van der Waals surface area contributed by atoms with E-state index < -0.39 is 16.8 Å². The molecule has 0 bridgehead atoms. The lowest BCUT2D eigenvalue weighted by molar-refractivity contribution is -0.385. The zero-order chi connectivity index (χ0) is 15.6. The van der Waals surface area contributed by atoms with Gasteiger partial charge in [-0.25, -0.2) is 4.39 Å². The Bertz CT molecular complexity index is 691. The third-order valence-corrected chi connectivity index (χ3v) is 3.40. The van der Waals surface area contributed by atoms with E-state index in [4.69, 9.17) is 4.74 Å². The summed E-state index contributed by atoms with van der Waals surface area (Å²) in [5, 5.41) is 20.7. The number of hydrogen-bond acceptors (Lipinski definition) is 4. The average Bonchev–Trinajstić information content (AvgIpc) is 2.42. The highest BCUT2D eigenvalue weighted by atomic mass is 79.9. The van der Waals surface area contributed by atoms with Gasteiger partial charge in [-0.1, -0.05) is 6.07 Å². The number of rotatable bonds is 4. The third-order valence-electron chi connectivity index (χ3n) is 2.78. The molecule has 1 atom stereocenters. The van der Waals surface area contributed by atoms with Gasteiger partial charge in [-0.15, -0.1) is 0 Å². The molecule has 2 rings (SSSR count). The predicted molar refractivity (Wildman–Crippen MR) is 77.9 cm³/mol. The lowest BCUT2D eigenvalue weighted by Gasteiger charge is -2.14. The zero-order valence-electron chi connectivity index (χ0n) is 10.9. The number of aliphatic hydroxyl groups is 1. The summed E-state index contributed by atoms with van der Waals surface area (Å²) in [6, 6.07) is 8.00. The maximum Gasteiger partial charge on any atom is 0.312 e. The molecule has 0 spiro atoms. The van der Waals surface area contributed by atoms with Crippen LogP contribution in [-0.4, -0.2) is 10.0 Å². The molecule has 5 nitrogen and oxygen atoms in total. The summed E-state index contributed by atoms with van der Waals surface area (Å²) in [5.74, 6) is -0.378. The predicted octanol–water partition coefficient (Wildman–Crippen LogP) is 4.34. The van der Waals surface area contributed by atoms with Gasteiger partial charge in [0.1, 0.15) is 11.6 Å². The Kier molecular flexibility index (Phi) is 4.54. The van der Waals surface area contributed by atoms with Crippen LogP contribution in [0.1, 0.15) is 18.6 Å². The molecule has 0 radical (unpaired) electrons. The summed E-state index contributed by atoms with van der Waals surface area (Å²) in [7, 11) is 0. The second-order valence-electron chi connectivity index (χ2n) is 4.31. The number of aliphatic hydroxyl groups excluding tert-OH is 1. The lowest BCUT2D eigenvalue weighted by atomic mass is 10.1. The summed E-state index contributed by atoms with van der Waals surface area (Å²) < 4.78 is 19.2. The molecule has 1 N–H and O–H groups in total. The topological polar surface area (TPSA) is 72.6 Å². The summed E-state index contributed by atoms with van der Waals surface area (Å²) in [4.78, 5) is 10.5. The van der Waals surface area contributed by atoms with Crippen molar-refractivity contribution < 1.29 is 19.2 Å². The number of halogens is 2. The molecule has 7 heteroatoms. The first-order valence-corrected chi connectivity index (χ1v) is 6.77. The highest BCUT2D eigenvalue weighted by Gasteiger charge is 2.21. The molecule has 110 valence electrons. The largest absolute Gasteiger partial charge is 0.449 e. The maximum absolute atomic E-state index is 13.2. The van der Waals surface area contributed by atoms with Crippen molar-refractivity contribution in [3.8, 4) is 11.5 Å². The number of nitro benzene ring substituents is 1. The van der Waals surface area contributed by atoms with Crippen LogP contribution in [0.4, 0.5) is 10.1 Å². The number of nitrogens with zero attached hydrogens (tertiary/aromatic N) is 1. The summed E-state index contributed by atoms with van der Waals surface area (Å²) in [5.41, 5.74) is -0.0229. The molecule has 0 saturated heterocycles. The van der Waals surface area contributed by atoms with Gasteiger partial charge >= 0.3 is 5.69 Å². The van der Waals surface area contributed by atoms with Gasteiger partial charge < -0.3 is 9.84 Å². The SMILES string of the molecule is C[C@@H](O)c1cc(F)ccc1Oc1c(Br)cccc1[N+](=O)[O-]. The van der Waals surface area contributed by atoms with Crippen LogP contribution in [0.3, 0.4) is 0 Å². The van der Waals surface area contributed by atoms with Gasteiger partial charge in [-0.3, -0.25) is 10.1 Å². The Morgan fingerprint density at radius 1 is 1.38 bits per heavy atom. The molecule has 0 heterocycles. The molecular formula is C14H11BrFNO4. The van der Waals surface area contributed by atoms with Gasteiger partial charge in [0.15, 0.2) is 0 Å². The van der Waals surface area contributed by atoms with Gasteiger partial charge in [0.25, 0.3) is 0 Å². The molecule has 2 aromatic carbocycles. The summed E-state index contributed by atoms with van der Waals surface area (Å²) in [6.07, 6.45) is -0.975. The third kappa shape index (κ3) is 3.37. The molecular weight excluding hydrogens is 345 g/mol. The first-order valence-electron chi connectivity index (χ1n) is 5.98. The number of nitro groups is 1. The fraction of sp³-hybridized carbons (Fsp3) is 0.143. The Hall–Kier alpha value is -1.99. The number of para-hydroxylation sites is 1. The summed E-state index contributed by atoms with van der Waals surface area (Å²) in [6.45, 7) is 1.45. The maximum atomic E-state index is 13.2. The number of hydrogen-bond donors (Lipinski definition) is 1. The lowest BCUT2D eigenvalue weighted by Crippen LogP contribution is -1.99. The Morgan fingerprint density at radius 3 is 2.71 bits per heavy atom. The van der Waals surface area contributed by atoms with E-state index in [2.05, 4.69) is 15.9 Å². The second-order valence-corrected chi connectivity index (χ2v) is 5.16. The smallest absolute Gasteiger partial charge is 0.312 e. The Balaban J connectivity index is 2.51. The van der Waals surface area contributed by atoms with Crippen molar-refractivity contribution in [3.63, 3.8) is 0 Å². The van der Waals surface area contributed by atoms with Crippen LogP contribution in [0, 0.1) is 15.9 Å². The molecule has 0 aliphatic rings. The number of benzene rings is 2. The van der Waals surface area contributed by atoms with E-state index in [1.165, 1.54) is 25.1 Å². The van der Waals surface area contributed by atoms with Crippen molar-refractivity contribution in [1.29, 1.82) is 0 Å². The molecule has 0 aliphatic carbocycles. The van der Waals surface area contributed by atoms with Gasteiger partial charge in [0.05, 0.1) is 15.5 Å². The zero-order valence-corrected chi connectivity index (χ0v) is 12.5. The van der Waals surface area contributed by atoms with Crippen LogP contribution in [0.15, 0.2) is 40.9 Å². The standard InChI is InChI=1S/C14H11BrFNO4/c1-8(18)10-7-9(16)5-6-13(10)21-14-11(15)3-2-4-12(14)17(19)20/h2-8,18H,1H3/t8-/m1/s1. The van der Waals surface area contributed by atoms with Crippen molar-refractivity contribution in [2.75, 3.05) is 0 Å². The molecule has 0 fully saturated rings. The van der Waals surface area contributed by atoms with Crippen LogP contribution in [0.5, 0.6) is 11.5 Å². The monoisotopic (exact) mass is 355 g/mol. The van der Waals surface area contributed by atoms with E-state index in [1.54, 1.807) is 6.07 Å². The van der Waals surface area contributed by atoms with Crippen LogP contribution >= 0.6 is 15.9 Å². The fourth-order valence-corrected chi connectivity index (χ4v) is 2.23. The van der Waals surface area contributed by atoms with Gasteiger partial charge in [0.2, 0.25) is 5.75 Å². The quantitative estimate of drug-likeness (QED) is 0.653. The minimum Gasteiger partial charge on any atom is -0.449 e. The first kappa shape index (κ1) is 15.4. The van der Waals surface area contributed by atoms with Crippen molar-refractivity contribution in [3.05, 3.63) is 62.4 Å². The van der Waals surface area contributed by atoms with Gasteiger partial charge in [-0.2, -0.15) is 0 Å². The highest BCUT2D eigenvalue weighted by molar-refractivity contribution is 9.10. The van der Waals surface area contributed by atoms with Gasteiger partial charge in [-0.05, 0) is 47.1 Å². The Labute approximate surface area is 128 Å². The van der Waals surface area contributed by atoms with E-state index in [0.29, 0.717) is 4.47 Å². The minimum absolute atomic E-state index is 0.00370. The van der Waals surface area contributed by atoms with E-state index in [-0.39, 0.29) is 22.7 Å². The minimum atomic E-state index is -0.975. The van der Waals surface area contributed by atoms with Crippen LogP contribution in [0.25, 0.3) is 0 Å². The normalized spacial score (nSPS) is 12.0. The molecule has 0 unspecified atom stereocenters. The molecule has 0 amide bonds. The molecule has 0 saturated carbocycles. The van der Waals surface area contributed by atoms with Crippen molar-refractivity contribution in [2.24, 2.45) is 0 Å². The second kappa shape index (κ2) is 6.19. The number of ether oxygens (including phenoxy) is 1. The highest BCUT2D eigenvalue weighted by Crippen LogP contribution is 2.40. The van der Waals surface area contributed by atoms with E-state index in [1.807, 2.05) is 0 Å². The van der Waals surface area contributed by atoms with Crippen LogP contribution in [0.2, 0.25) is 0 Å². The van der Waals surface area contributed by atoms with Crippen molar-refractivity contribution in [2.45, 2.75) is 13.0 Å². The van der Waals surface area contributed by atoms with Gasteiger partial charge in [0, 0.05) is 11.6 Å². The van der Waals surface area contributed by atoms with E-state index >= 15 is 0 Å². The fourth-order valence-electron chi connectivity index (χ4n) is 1.79. The summed E-state index contributed by atoms with van der Waals surface area (Å²) >= 11 is 3.18.